The summed E-state index contributed by atoms with van der Waals surface area (Å²) in [4.78, 5) is 35.3. The van der Waals surface area contributed by atoms with Crippen LogP contribution in [0.3, 0.4) is 0 Å². The monoisotopic (exact) mass is 549 g/mol. The zero-order valence-corrected chi connectivity index (χ0v) is 23.1. The number of carbonyl (C=O) groups is 3. The van der Waals surface area contributed by atoms with Crippen molar-refractivity contribution in [2.24, 2.45) is 0 Å². The van der Waals surface area contributed by atoms with Gasteiger partial charge >= 0.3 is 6.03 Å². The number of aliphatic hydroxyl groups excluding tert-OH is 1. The highest BCUT2D eigenvalue weighted by Gasteiger charge is 2.52. The van der Waals surface area contributed by atoms with Crippen LogP contribution >= 0.6 is 11.8 Å². The third-order valence-electron chi connectivity index (χ3n) is 7.91. The average molecular weight is 550 g/mol. The molecule has 0 aromatic carbocycles. The Morgan fingerprint density at radius 1 is 1.16 bits per heavy atom. The number of aliphatic hydroxyl groups is 2. The topological polar surface area (TPSA) is 140 Å². The number of hydrogen-bond acceptors (Lipinski definition) is 7. The van der Waals surface area contributed by atoms with Gasteiger partial charge in [0, 0.05) is 24.0 Å². The standard InChI is InChI=1S/C28H43N3O6S/c1-28(36,14-12-18-16-20(32)25-26(37-25)24(18)34)13-8-4-2-3-5-9-15-29-22(33)11-7-6-10-21-23-19(17-38-21)30-27(35)31-23/h12,14,16,19,21,23-26,34,36H,2-11,13,15,17H2,1H3,(H,29,33)(H2,30,31,35)/b14-12+/t19-,21-,23-,24-,25?,26?,28?/m0/s1. The van der Waals surface area contributed by atoms with Crippen LogP contribution in [0.25, 0.3) is 0 Å². The number of thioether (sulfide) groups is 1. The molecular weight excluding hydrogens is 506 g/mol. The molecule has 10 heteroatoms. The zero-order chi connectivity index (χ0) is 27.1. The van der Waals surface area contributed by atoms with E-state index in [4.69, 9.17) is 4.74 Å². The third-order valence-corrected chi connectivity index (χ3v) is 9.42. The second-order valence-electron chi connectivity index (χ2n) is 11.3. The molecule has 3 saturated heterocycles. The largest absolute Gasteiger partial charge is 0.386 e. The molecular formula is C28H43N3O6S. The summed E-state index contributed by atoms with van der Waals surface area (Å²) in [6.45, 7) is 2.46. The van der Waals surface area contributed by atoms with E-state index >= 15 is 0 Å². The number of urea groups is 1. The molecule has 0 bridgehead atoms. The van der Waals surface area contributed by atoms with Gasteiger partial charge in [-0.05, 0) is 44.3 Å². The summed E-state index contributed by atoms with van der Waals surface area (Å²) in [5.74, 6) is 0.975. The van der Waals surface area contributed by atoms with E-state index in [0.717, 1.165) is 70.1 Å². The Bertz CT molecular complexity index is 922. The Hall–Kier alpha value is -1.88. The first-order valence-corrected chi connectivity index (χ1v) is 15.2. The molecule has 0 saturated carbocycles. The van der Waals surface area contributed by atoms with Gasteiger partial charge in [0.05, 0.1) is 17.7 Å². The first kappa shape index (κ1) is 29.1. The van der Waals surface area contributed by atoms with Crippen molar-refractivity contribution in [3.05, 3.63) is 23.8 Å². The van der Waals surface area contributed by atoms with Gasteiger partial charge in [-0.2, -0.15) is 11.8 Å². The lowest BCUT2D eigenvalue weighted by Gasteiger charge is -2.20. The van der Waals surface area contributed by atoms with E-state index in [2.05, 4.69) is 16.0 Å². The van der Waals surface area contributed by atoms with E-state index in [1.165, 1.54) is 6.08 Å². The highest BCUT2D eigenvalue weighted by atomic mass is 32.2. The van der Waals surface area contributed by atoms with Gasteiger partial charge in [-0.1, -0.05) is 50.7 Å². The molecule has 9 nitrogen and oxygen atoms in total. The Labute approximate surface area is 229 Å². The number of amides is 3. The Morgan fingerprint density at radius 3 is 2.74 bits per heavy atom. The van der Waals surface area contributed by atoms with Crippen molar-refractivity contribution >= 4 is 29.5 Å². The average Bonchev–Trinajstić information content (AvgIpc) is 3.50. The van der Waals surface area contributed by atoms with Crippen molar-refractivity contribution in [2.45, 2.75) is 119 Å². The van der Waals surface area contributed by atoms with Crippen LogP contribution in [-0.4, -0.2) is 81.5 Å². The van der Waals surface area contributed by atoms with Gasteiger partial charge in [0.1, 0.15) is 18.3 Å². The predicted octanol–water partition coefficient (Wildman–Crippen LogP) is 2.50. The number of carbonyl (C=O) groups excluding carboxylic acids is 3. The Balaban J connectivity index is 0.954. The minimum Gasteiger partial charge on any atom is -0.386 e. The van der Waals surface area contributed by atoms with Crippen LogP contribution in [0.15, 0.2) is 23.8 Å². The van der Waals surface area contributed by atoms with Gasteiger partial charge in [-0.25, -0.2) is 4.79 Å². The van der Waals surface area contributed by atoms with E-state index in [-0.39, 0.29) is 29.8 Å². The fourth-order valence-corrected chi connectivity index (χ4v) is 7.07. The van der Waals surface area contributed by atoms with Gasteiger partial charge < -0.3 is 30.9 Å². The summed E-state index contributed by atoms with van der Waals surface area (Å²) in [7, 11) is 0. The van der Waals surface area contributed by atoms with Crippen LogP contribution in [0.4, 0.5) is 4.79 Å². The molecule has 5 N–H and O–H groups in total. The number of unbranched alkanes of at least 4 members (excludes halogenated alkanes) is 6. The minimum atomic E-state index is -0.989. The second-order valence-corrected chi connectivity index (χ2v) is 12.6. The molecule has 3 fully saturated rings. The van der Waals surface area contributed by atoms with Crippen molar-refractivity contribution < 1.29 is 29.3 Å². The van der Waals surface area contributed by atoms with Gasteiger partial charge in [-0.15, -0.1) is 0 Å². The normalized spacial score (nSPS) is 31.3. The van der Waals surface area contributed by atoms with Gasteiger partial charge in [-0.3, -0.25) is 9.59 Å². The first-order chi connectivity index (χ1) is 18.2. The summed E-state index contributed by atoms with van der Waals surface area (Å²) in [5.41, 5.74) is -0.489. The highest BCUT2D eigenvalue weighted by molar-refractivity contribution is 8.00. The van der Waals surface area contributed by atoms with Gasteiger partial charge in [0.25, 0.3) is 0 Å². The van der Waals surface area contributed by atoms with Crippen molar-refractivity contribution in [3.8, 4) is 0 Å². The van der Waals surface area contributed by atoms with Crippen LogP contribution < -0.4 is 16.0 Å². The lowest BCUT2D eigenvalue weighted by molar-refractivity contribution is -0.121. The van der Waals surface area contributed by atoms with Crippen LogP contribution in [0.1, 0.15) is 77.6 Å². The quantitative estimate of drug-likeness (QED) is 0.113. The summed E-state index contributed by atoms with van der Waals surface area (Å²) < 4.78 is 5.17. The summed E-state index contributed by atoms with van der Waals surface area (Å²) in [5, 5.41) is 30.2. The molecule has 3 aliphatic heterocycles. The fraction of sp³-hybridized carbons (Fsp3) is 0.750. The zero-order valence-electron chi connectivity index (χ0n) is 22.3. The van der Waals surface area contributed by atoms with Gasteiger partial charge in [0.15, 0.2) is 5.78 Å². The molecule has 0 aromatic rings. The fourth-order valence-electron chi connectivity index (χ4n) is 5.53. The number of epoxide rings is 1. The molecule has 212 valence electrons. The predicted molar refractivity (Wildman–Crippen MR) is 147 cm³/mol. The molecule has 3 heterocycles. The van der Waals surface area contributed by atoms with Crippen LogP contribution in [-0.2, 0) is 14.3 Å². The molecule has 1 aliphatic carbocycles. The van der Waals surface area contributed by atoms with Crippen molar-refractivity contribution in [1.82, 2.24) is 16.0 Å². The molecule has 38 heavy (non-hydrogen) atoms. The highest BCUT2D eigenvalue weighted by Crippen LogP contribution is 2.35. The molecule has 7 atom stereocenters. The smallest absolute Gasteiger partial charge is 0.315 e. The van der Waals surface area contributed by atoms with Crippen LogP contribution in [0.2, 0.25) is 0 Å². The molecule has 4 aliphatic rings. The van der Waals surface area contributed by atoms with E-state index in [1.54, 1.807) is 19.1 Å². The third kappa shape index (κ3) is 8.31. The number of ether oxygens (including phenoxy) is 1. The van der Waals surface area contributed by atoms with Crippen molar-refractivity contribution in [1.29, 1.82) is 0 Å². The molecule has 3 unspecified atom stereocenters. The maximum absolute atomic E-state index is 12.1. The maximum Gasteiger partial charge on any atom is 0.315 e. The number of hydrogen-bond donors (Lipinski definition) is 5. The Morgan fingerprint density at radius 2 is 1.92 bits per heavy atom. The summed E-state index contributed by atoms with van der Waals surface area (Å²) in [6.07, 6.45) is 13.2. The van der Waals surface area contributed by atoms with E-state index < -0.39 is 23.9 Å². The van der Waals surface area contributed by atoms with E-state index in [9.17, 15) is 24.6 Å². The molecule has 0 radical (unpaired) electrons. The molecule has 0 spiro atoms. The van der Waals surface area contributed by atoms with E-state index in [0.29, 0.717) is 23.7 Å². The number of nitrogens with one attached hydrogen (secondary N) is 3. The minimum absolute atomic E-state index is 0.0522. The maximum atomic E-state index is 12.1. The first-order valence-electron chi connectivity index (χ1n) is 14.2. The molecule has 4 rings (SSSR count). The van der Waals surface area contributed by atoms with Crippen molar-refractivity contribution in [2.75, 3.05) is 12.3 Å². The van der Waals surface area contributed by atoms with Crippen LogP contribution in [0, 0.1) is 0 Å². The lowest BCUT2D eigenvalue weighted by atomic mass is 9.92. The number of rotatable bonds is 16. The Kier molecular flexibility index (Phi) is 10.3. The molecule has 3 amide bonds. The van der Waals surface area contributed by atoms with E-state index in [1.807, 2.05) is 11.8 Å². The SMILES string of the molecule is CC(O)(/C=C/C1=CC(=O)C2OC2[C@H]1O)CCCCCCCCNC(=O)CCCC[C@@H]1SC[C@@H]2NC(=O)N[C@@H]21. The number of fused-ring (bicyclic) bond motifs is 2. The summed E-state index contributed by atoms with van der Waals surface area (Å²) >= 11 is 1.91. The van der Waals surface area contributed by atoms with Gasteiger partial charge in [0.2, 0.25) is 5.91 Å². The summed E-state index contributed by atoms with van der Waals surface area (Å²) in [6, 6.07) is 0.441. The number of ketones is 1. The van der Waals surface area contributed by atoms with Crippen molar-refractivity contribution in [3.63, 3.8) is 0 Å². The second kappa shape index (κ2) is 13.5. The van der Waals surface area contributed by atoms with Crippen LogP contribution in [0.5, 0.6) is 0 Å². The molecule has 0 aromatic heterocycles. The lowest BCUT2D eigenvalue weighted by Crippen LogP contribution is -2.36.